The van der Waals surface area contributed by atoms with E-state index in [0.717, 1.165) is 54.5 Å². The van der Waals surface area contributed by atoms with Crippen LogP contribution >= 0.6 is 47.8 Å². The first kappa shape index (κ1) is 21.5. The molecule has 2 nitrogen and oxygen atoms in total. The summed E-state index contributed by atoms with van der Waals surface area (Å²) in [6.07, 6.45) is 9.92. The SMILES string of the molecule is BrCCCCCOC1=CCC(Br)(OCCCCCBr)c2ccccc21. The van der Waals surface area contributed by atoms with Gasteiger partial charge >= 0.3 is 0 Å². The Morgan fingerprint density at radius 3 is 2.28 bits per heavy atom. The molecule has 0 spiro atoms. The van der Waals surface area contributed by atoms with E-state index in [2.05, 4.69) is 78.1 Å². The highest BCUT2D eigenvalue weighted by Gasteiger charge is 2.35. The van der Waals surface area contributed by atoms with E-state index in [1.165, 1.54) is 31.2 Å². The van der Waals surface area contributed by atoms with Gasteiger partial charge in [0.25, 0.3) is 0 Å². The van der Waals surface area contributed by atoms with Crippen molar-refractivity contribution in [3.63, 3.8) is 0 Å². The van der Waals surface area contributed by atoms with Crippen molar-refractivity contribution in [2.45, 2.75) is 49.5 Å². The van der Waals surface area contributed by atoms with Crippen LogP contribution in [0, 0.1) is 0 Å². The fourth-order valence-corrected chi connectivity index (χ4v) is 4.37. The fourth-order valence-electron chi connectivity index (χ4n) is 2.90. The summed E-state index contributed by atoms with van der Waals surface area (Å²) in [6, 6.07) is 8.41. The number of alkyl halides is 3. The molecule has 0 aliphatic heterocycles. The predicted octanol–water partition coefficient (Wildman–Crippen LogP) is 7.14. The van der Waals surface area contributed by atoms with Crippen molar-refractivity contribution < 1.29 is 9.47 Å². The smallest absolute Gasteiger partial charge is 0.152 e. The zero-order valence-electron chi connectivity index (χ0n) is 14.6. The van der Waals surface area contributed by atoms with Crippen LogP contribution in [0.15, 0.2) is 30.3 Å². The number of fused-ring (bicyclic) bond motifs is 1. The first-order valence-electron chi connectivity index (χ1n) is 9.09. The molecule has 0 aromatic heterocycles. The Morgan fingerprint density at radius 1 is 0.880 bits per heavy atom. The predicted molar refractivity (Wildman–Crippen MR) is 117 cm³/mol. The molecule has 1 aliphatic carbocycles. The third-order valence-electron chi connectivity index (χ3n) is 4.29. The number of halogens is 3. The standard InChI is InChI=1S/C20H27Br3O2/c21-13-5-1-7-15-24-19-11-12-20(23,25-16-8-2-6-14-22)18-10-4-3-9-17(18)19/h3-4,9-11H,1-2,5-8,12-16H2. The van der Waals surface area contributed by atoms with Gasteiger partial charge in [-0.3, -0.25) is 0 Å². The Labute approximate surface area is 177 Å². The van der Waals surface area contributed by atoms with Crippen LogP contribution in [-0.2, 0) is 14.0 Å². The maximum absolute atomic E-state index is 6.25. The summed E-state index contributed by atoms with van der Waals surface area (Å²) in [5.41, 5.74) is 2.32. The molecule has 1 unspecified atom stereocenters. The van der Waals surface area contributed by atoms with E-state index < -0.39 is 4.51 Å². The van der Waals surface area contributed by atoms with Crippen molar-refractivity contribution in [3.05, 3.63) is 41.5 Å². The molecule has 1 aromatic carbocycles. The van der Waals surface area contributed by atoms with Gasteiger partial charge in [0, 0.05) is 34.8 Å². The van der Waals surface area contributed by atoms with Gasteiger partial charge < -0.3 is 9.47 Å². The van der Waals surface area contributed by atoms with Crippen molar-refractivity contribution in [3.8, 4) is 0 Å². The average Bonchev–Trinajstić information content (AvgIpc) is 2.63. The largest absolute Gasteiger partial charge is 0.493 e. The van der Waals surface area contributed by atoms with Crippen LogP contribution in [-0.4, -0.2) is 23.9 Å². The molecule has 140 valence electrons. The Morgan fingerprint density at radius 2 is 1.56 bits per heavy atom. The highest BCUT2D eigenvalue weighted by Crippen LogP contribution is 2.45. The van der Waals surface area contributed by atoms with Crippen LogP contribution in [0.25, 0.3) is 5.76 Å². The molecule has 0 fully saturated rings. The van der Waals surface area contributed by atoms with Gasteiger partial charge in [0.1, 0.15) is 5.76 Å². The first-order valence-corrected chi connectivity index (χ1v) is 12.1. The zero-order valence-corrected chi connectivity index (χ0v) is 19.4. The van der Waals surface area contributed by atoms with Crippen LogP contribution in [0.4, 0.5) is 0 Å². The van der Waals surface area contributed by atoms with Gasteiger partial charge in [-0.25, -0.2) is 0 Å². The normalized spacial score (nSPS) is 19.4. The second kappa shape index (κ2) is 11.8. The zero-order chi connectivity index (χ0) is 18.0. The van der Waals surface area contributed by atoms with E-state index >= 15 is 0 Å². The van der Waals surface area contributed by atoms with Crippen molar-refractivity contribution in [1.82, 2.24) is 0 Å². The molecule has 0 bridgehead atoms. The summed E-state index contributed by atoms with van der Waals surface area (Å²) < 4.78 is 11.9. The van der Waals surface area contributed by atoms with E-state index in [4.69, 9.17) is 9.47 Å². The molecule has 0 saturated heterocycles. The molecule has 1 aliphatic rings. The van der Waals surface area contributed by atoms with Crippen LogP contribution < -0.4 is 0 Å². The van der Waals surface area contributed by atoms with Crippen LogP contribution in [0.1, 0.15) is 56.1 Å². The lowest BCUT2D eigenvalue weighted by molar-refractivity contribution is 0.0264. The molecular weight excluding hydrogens is 512 g/mol. The molecule has 0 saturated carbocycles. The van der Waals surface area contributed by atoms with Crippen molar-refractivity contribution in [2.24, 2.45) is 0 Å². The minimum Gasteiger partial charge on any atom is -0.493 e. The monoisotopic (exact) mass is 536 g/mol. The Bertz CT molecular complexity index is 547. The third-order valence-corrected chi connectivity index (χ3v) is 6.39. The molecule has 0 N–H and O–H groups in total. The summed E-state index contributed by atoms with van der Waals surface area (Å²) in [5.74, 6) is 0.993. The summed E-state index contributed by atoms with van der Waals surface area (Å²) in [6.45, 7) is 1.54. The quantitative estimate of drug-likeness (QED) is 0.208. The van der Waals surface area contributed by atoms with Gasteiger partial charge in [-0.05, 0) is 54.1 Å². The third kappa shape index (κ3) is 6.67. The topological polar surface area (TPSA) is 18.5 Å². The molecule has 1 aromatic rings. The van der Waals surface area contributed by atoms with Crippen LogP contribution in [0.2, 0.25) is 0 Å². The summed E-state index contributed by atoms with van der Waals surface area (Å²) in [4.78, 5) is 0. The summed E-state index contributed by atoms with van der Waals surface area (Å²) in [5, 5.41) is 2.13. The number of hydrogen-bond acceptors (Lipinski definition) is 2. The second-order valence-electron chi connectivity index (χ2n) is 6.24. The van der Waals surface area contributed by atoms with E-state index in [0.29, 0.717) is 0 Å². The van der Waals surface area contributed by atoms with Gasteiger partial charge in [0.05, 0.1) is 6.61 Å². The molecule has 0 heterocycles. The number of ether oxygens (including phenoxy) is 2. The minimum atomic E-state index is -0.430. The lowest BCUT2D eigenvalue weighted by Crippen LogP contribution is -2.27. The Balaban J connectivity index is 1.95. The molecule has 5 heteroatoms. The van der Waals surface area contributed by atoms with E-state index in [9.17, 15) is 0 Å². The first-order chi connectivity index (χ1) is 12.2. The van der Waals surface area contributed by atoms with E-state index in [-0.39, 0.29) is 0 Å². The Hall–Kier alpha value is 0.160. The highest BCUT2D eigenvalue weighted by molar-refractivity contribution is 9.09. The number of hydrogen-bond donors (Lipinski definition) is 0. The van der Waals surface area contributed by atoms with Crippen LogP contribution in [0.5, 0.6) is 0 Å². The highest BCUT2D eigenvalue weighted by atomic mass is 79.9. The van der Waals surface area contributed by atoms with Gasteiger partial charge in [-0.15, -0.1) is 0 Å². The van der Waals surface area contributed by atoms with Gasteiger partial charge in [0.2, 0.25) is 0 Å². The minimum absolute atomic E-state index is 0.430. The fraction of sp³-hybridized carbons (Fsp3) is 0.600. The molecular formula is C20H27Br3O2. The van der Waals surface area contributed by atoms with Crippen LogP contribution in [0.3, 0.4) is 0 Å². The van der Waals surface area contributed by atoms with Gasteiger partial charge in [-0.2, -0.15) is 0 Å². The lowest BCUT2D eigenvalue weighted by atomic mass is 9.93. The molecule has 2 rings (SSSR count). The van der Waals surface area contributed by atoms with E-state index in [1.54, 1.807) is 0 Å². The van der Waals surface area contributed by atoms with Crippen molar-refractivity contribution in [2.75, 3.05) is 23.9 Å². The Kier molecular flexibility index (Phi) is 10.1. The molecule has 25 heavy (non-hydrogen) atoms. The summed E-state index contributed by atoms with van der Waals surface area (Å²) >= 11 is 10.8. The van der Waals surface area contributed by atoms with Gasteiger partial charge in [-0.1, -0.05) is 62.5 Å². The second-order valence-corrected chi connectivity index (χ2v) is 9.11. The summed E-state index contributed by atoms with van der Waals surface area (Å²) in [7, 11) is 0. The number of rotatable bonds is 12. The molecule has 1 atom stereocenters. The molecule has 0 amide bonds. The maximum atomic E-state index is 6.25. The maximum Gasteiger partial charge on any atom is 0.152 e. The lowest BCUT2D eigenvalue weighted by Gasteiger charge is -2.33. The average molecular weight is 539 g/mol. The van der Waals surface area contributed by atoms with Crippen molar-refractivity contribution >= 4 is 53.5 Å². The number of benzene rings is 1. The molecule has 0 radical (unpaired) electrons. The van der Waals surface area contributed by atoms with Gasteiger partial charge in [0.15, 0.2) is 4.51 Å². The van der Waals surface area contributed by atoms with Crippen molar-refractivity contribution in [1.29, 1.82) is 0 Å². The number of unbranched alkanes of at least 4 members (excludes halogenated alkanes) is 4. The van der Waals surface area contributed by atoms with E-state index in [1.807, 2.05) is 0 Å².